The topological polar surface area (TPSA) is 48.5 Å². The number of nitrogens with one attached hydrogen (secondary N) is 1. The number of anilines is 1. The van der Waals surface area contributed by atoms with Gasteiger partial charge in [0.15, 0.2) is 0 Å². The highest BCUT2D eigenvalue weighted by Crippen LogP contribution is 2.39. The van der Waals surface area contributed by atoms with Gasteiger partial charge in [0.25, 0.3) is 5.92 Å². The standard InChI is InChI=1S/C23H27F5N4O/c1-14-11-32(19-6-5-17(23(26,27)28)21-16(19)4-3-8-29-21)12-18(14)30-20(33)10-15-7-9-31(2)13-22(15,24)25/h3-6,8,14-15,18H,7,9-13H2,1-2H3,(H,30,33). The van der Waals surface area contributed by atoms with Crippen molar-refractivity contribution in [2.45, 2.75) is 37.9 Å². The molecule has 1 amide bonds. The Labute approximate surface area is 188 Å². The summed E-state index contributed by atoms with van der Waals surface area (Å²) in [6.45, 7) is 3.00. The van der Waals surface area contributed by atoms with Gasteiger partial charge in [0.2, 0.25) is 5.91 Å². The van der Waals surface area contributed by atoms with E-state index in [2.05, 4.69) is 10.3 Å². The largest absolute Gasteiger partial charge is 0.418 e. The van der Waals surface area contributed by atoms with E-state index in [0.29, 0.717) is 30.7 Å². The molecule has 4 rings (SSSR count). The first-order chi connectivity index (χ1) is 15.5. The van der Waals surface area contributed by atoms with E-state index in [1.807, 2.05) is 11.8 Å². The molecule has 3 atom stereocenters. The Morgan fingerprint density at radius 2 is 2.00 bits per heavy atom. The summed E-state index contributed by atoms with van der Waals surface area (Å²) in [5.41, 5.74) is -0.304. The van der Waals surface area contributed by atoms with Crippen molar-refractivity contribution in [2.24, 2.45) is 11.8 Å². The molecule has 5 nitrogen and oxygen atoms in total. The highest BCUT2D eigenvalue weighted by Gasteiger charge is 2.45. The second-order valence-electron chi connectivity index (χ2n) is 9.27. The molecule has 0 bridgehead atoms. The van der Waals surface area contributed by atoms with Crippen molar-refractivity contribution in [3.8, 4) is 0 Å². The summed E-state index contributed by atoms with van der Waals surface area (Å²) >= 11 is 0. The van der Waals surface area contributed by atoms with Crippen LogP contribution in [0, 0.1) is 11.8 Å². The molecule has 2 fully saturated rings. The summed E-state index contributed by atoms with van der Waals surface area (Å²) in [5.74, 6) is -4.32. The summed E-state index contributed by atoms with van der Waals surface area (Å²) in [4.78, 5) is 20.0. The number of fused-ring (bicyclic) bond motifs is 1. The summed E-state index contributed by atoms with van der Waals surface area (Å²) in [7, 11) is 1.64. The normalized spacial score (nSPS) is 26.0. The maximum absolute atomic E-state index is 14.3. The van der Waals surface area contributed by atoms with Crippen LogP contribution in [0.5, 0.6) is 0 Å². The third-order valence-electron chi connectivity index (χ3n) is 6.72. The number of amides is 1. The van der Waals surface area contributed by atoms with Crippen LogP contribution in [-0.2, 0) is 11.0 Å². The third-order valence-corrected chi connectivity index (χ3v) is 6.72. The zero-order valence-corrected chi connectivity index (χ0v) is 18.5. The predicted octanol–water partition coefficient (Wildman–Crippen LogP) is 4.17. The fraction of sp³-hybridized carbons (Fsp3) is 0.565. The molecule has 3 unspecified atom stereocenters. The summed E-state index contributed by atoms with van der Waals surface area (Å²) < 4.78 is 68.8. The van der Waals surface area contributed by atoms with E-state index < -0.39 is 29.5 Å². The Bertz CT molecular complexity index is 1030. The smallest absolute Gasteiger partial charge is 0.369 e. The zero-order valence-electron chi connectivity index (χ0n) is 18.5. The first-order valence-electron chi connectivity index (χ1n) is 11.0. The van der Waals surface area contributed by atoms with Crippen molar-refractivity contribution in [2.75, 3.05) is 38.1 Å². The molecule has 2 aromatic rings. The molecule has 33 heavy (non-hydrogen) atoms. The lowest BCUT2D eigenvalue weighted by atomic mass is 9.89. The highest BCUT2D eigenvalue weighted by atomic mass is 19.4. The Balaban J connectivity index is 1.47. The number of benzene rings is 1. The van der Waals surface area contributed by atoms with Crippen LogP contribution in [0.1, 0.15) is 25.3 Å². The van der Waals surface area contributed by atoms with Crippen LogP contribution in [0.3, 0.4) is 0 Å². The summed E-state index contributed by atoms with van der Waals surface area (Å²) in [5, 5.41) is 3.27. The zero-order chi connectivity index (χ0) is 24.0. The van der Waals surface area contributed by atoms with Crippen LogP contribution >= 0.6 is 0 Å². The molecule has 3 heterocycles. The van der Waals surface area contributed by atoms with Gasteiger partial charge in [-0.3, -0.25) is 9.78 Å². The molecule has 1 aromatic carbocycles. The number of rotatable bonds is 4. The Morgan fingerprint density at radius 1 is 1.24 bits per heavy atom. The molecule has 0 saturated carbocycles. The molecule has 10 heteroatoms. The number of pyridine rings is 1. The van der Waals surface area contributed by atoms with E-state index in [9.17, 15) is 26.7 Å². The van der Waals surface area contributed by atoms with Gasteiger partial charge in [0, 0.05) is 42.7 Å². The summed E-state index contributed by atoms with van der Waals surface area (Å²) in [6.07, 6.45) is -3.17. The van der Waals surface area contributed by atoms with Crippen molar-refractivity contribution in [1.82, 2.24) is 15.2 Å². The van der Waals surface area contributed by atoms with Gasteiger partial charge in [-0.1, -0.05) is 6.92 Å². The van der Waals surface area contributed by atoms with Crippen molar-refractivity contribution in [3.63, 3.8) is 0 Å². The van der Waals surface area contributed by atoms with E-state index in [-0.39, 0.29) is 36.9 Å². The van der Waals surface area contributed by atoms with E-state index >= 15 is 0 Å². The molecule has 0 spiro atoms. The molecular weight excluding hydrogens is 443 g/mol. The van der Waals surface area contributed by atoms with Gasteiger partial charge in [-0.15, -0.1) is 0 Å². The molecule has 0 aliphatic carbocycles. The minimum atomic E-state index is -4.52. The number of nitrogens with zero attached hydrogens (tertiary/aromatic N) is 3. The van der Waals surface area contributed by atoms with Crippen LogP contribution in [0.2, 0.25) is 0 Å². The maximum atomic E-state index is 14.3. The van der Waals surface area contributed by atoms with Crippen molar-refractivity contribution >= 4 is 22.5 Å². The minimum Gasteiger partial charge on any atom is -0.369 e. The number of carbonyl (C=O) groups excluding carboxylic acids is 1. The minimum absolute atomic E-state index is 0.000892. The lowest BCUT2D eigenvalue weighted by Crippen LogP contribution is -2.49. The third kappa shape index (κ3) is 4.90. The lowest BCUT2D eigenvalue weighted by Gasteiger charge is -2.36. The van der Waals surface area contributed by atoms with E-state index in [1.165, 1.54) is 12.3 Å². The van der Waals surface area contributed by atoms with Crippen molar-refractivity contribution < 1.29 is 26.7 Å². The van der Waals surface area contributed by atoms with Crippen molar-refractivity contribution in [3.05, 3.63) is 36.0 Å². The molecular formula is C23H27F5N4O. The Hall–Kier alpha value is -2.49. The van der Waals surface area contributed by atoms with Crippen LogP contribution in [0.25, 0.3) is 10.9 Å². The molecule has 1 aromatic heterocycles. The van der Waals surface area contributed by atoms with E-state index in [1.54, 1.807) is 24.1 Å². The number of aromatic nitrogens is 1. The fourth-order valence-electron chi connectivity index (χ4n) is 4.91. The van der Waals surface area contributed by atoms with Gasteiger partial charge in [0.1, 0.15) is 0 Å². The lowest BCUT2D eigenvalue weighted by molar-refractivity contribution is -0.136. The Morgan fingerprint density at radius 3 is 2.70 bits per heavy atom. The number of hydrogen-bond acceptors (Lipinski definition) is 4. The Kier molecular flexibility index (Phi) is 6.24. The van der Waals surface area contributed by atoms with Gasteiger partial charge in [-0.2, -0.15) is 13.2 Å². The molecule has 180 valence electrons. The van der Waals surface area contributed by atoms with Gasteiger partial charge >= 0.3 is 6.18 Å². The predicted molar refractivity (Wildman–Crippen MR) is 115 cm³/mol. The summed E-state index contributed by atoms with van der Waals surface area (Å²) in [6, 6.07) is 5.37. The SMILES string of the molecule is CC1CN(c2ccc(C(F)(F)F)c3ncccc23)CC1NC(=O)CC1CCN(C)CC1(F)F. The highest BCUT2D eigenvalue weighted by molar-refractivity contribution is 5.94. The second kappa shape index (κ2) is 8.70. The average molecular weight is 470 g/mol. The molecule has 0 radical (unpaired) electrons. The fourth-order valence-corrected chi connectivity index (χ4v) is 4.91. The average Bonchev–Trinajstić information content (AvgIpc) is 3.08. The number of likely N-dealkylation sites (tertiary alicyclic amines) is 1. The van der Waals surface area contributed by atoms with Gasteiger partial charge < -0.3 is 15.1 Å². The van der Waals surface area contributed by atoms with Crippen LogP contribution in [0.4, 0.5) is 27.6 Å². The van der Waals surface area contributed by atoms with Gasteiger partial charge in [-0.05, 0) is 50.2 Å². The van der Waals surface area contributed by atoms with Crippen molar-refractivity contribution in [1.29, 1.82) is 0 Å². The first kappa shape index (κ1) is 23.7. The first-order valence-corrected chi connectivity index (χ1v) is 11.0. The van der Waals surface area contributed by atoms with Gasteiger partial charge in [0.05, 0.1) is 23.7 Å². The maximum Gasteiger partial charge on any atom is 0.418 e. The molecule has 2 aliphatic rings. The second-order valence-corrected chi connectivity index (χ2v) is 9.27. The number of hydrogen-bond donors (Lipinski definition) is 1. The number of carbonyl (C=O) groups is 1. The van der Waals surface area contributed by atoms with E-state index in [4.69, 9.17) is 0 Å². The molecule has 2 saturated heterocycles. The van der Waals surface area contributed by atoms with Crippen LogP contribution in [-0.4, -0.2) is 61.0 Å². The monoisotopic (exact) mass is 470 g/mol. The number of alkyl halides is 5. The molecule has 2 aliphatic heterocycles. The van der Waals surface area contributed by atoms with Crippen LogP contribution in [0.15, 0.2) is 30.5 Å². The quantitative estimate of drug-likeness (QED) is 0.682. The molecule has 1 N–H and O–H groups in total. The van der Waals surface area contributed by atoms with Gasteiger partial charge in [-0.25, -0.2) is 8.78 Å². The number of piperidine rings is 1. The van der Waals surface area contributed by atoms with E-state index in [0.717, 1.165) is 6.07 Å². The number of halogens is 5. The van der Waals surface area contributed by atoms with Crippen LogP contribution < -0.4 is 10.2 Å².